The molecule has 0 radical (unpaired) electrons. The van der Waals surface area contributed by atoms with Crippen molar-refractivity contribution < 1.29 is 14.0 Å². The first-order chi connectivity index (χ1) is 14.5. The lowest BCUT2D eigenvalue weighted by Gasteiger charge is -2.34. The largest absolute Gasteiger partial charge is 0.423 e. The number of nitrogens with one attached hydrogen (secondary N) is 2. The Balaban J connectivity index is 1.48. The molecular weight excluding hydrogens is 382 g/mol. The highest BCUT2D eigenvalue weighted by Crippen LogP contribution is 2.21. The maximum Gasteiger partial charge on any atom is 0.336 e. The first kappa shape index (κ1) is 19.8. The van der Waals surface area contributed by atoms with Crippen LogP contribution in [-0.4, -0.2) is 35.8 Å². The lowest BCUT2D eigenvalue weighted by Crippen LogP contribution is -2.55. The van der Waals surface area contributed by atoms with E-state index in [0.717, 1.165) is 16.5 Å². The van der Waals surface area contributed by atoms with Gasteiger partial charge in [0, 0.05) is 42.8 Å². The van der Waals surface area contributed by atoms with Crippen molar-refractivity contribution in [2.45, 2.75) is 25.9 Å². The first-order valence-corrected chi connectivity index (χ1v) is 9.89. The van der Waals surface area contributed by atoms with Crippen LogP contribution in [0.25, 0.3) is 11.0 Å². The lowest BCUT2D eigenvalue weighted by molar-refractivity contribution is -0.132. The molecule has 7 nitrogen and oxygen atoms in total. The van der Waals surface area contributed by atoms with Crippen molar-refractivity contribution >= 4 is 28.5 Å². The second-order valence-electron chi connectivity index (χ2n) is 7.47. The lowest BCUT2D eigenvalue weighted by atomic mass is 10.1. The van der Waals surface area contributed by atoms with Gasteiger partial charge in [0.15, 0.2) is 0 Å². The fourth-order valence-corrected chi connectivity index (χ4v) is 3.78. The molecular formula is C23H23N3O4. The number of aryl methyl sites for hydroxylation is 1. The third kappa shape index (κ3) is 4.41. The number of benzene rings is 2. The van der Waals surface area contributed by atoms with Crippen molar-refractivity contribution in [3.63, 3.8) is 0 Å². The van der Waals surface area contributed by atoms with Crippen molar-refractivity contribution in [1.29, 1.82) is 0 Å². The van der Waals surface area contributed by atoms with Crippen LogP contribution in [0.2, 0.25) is 0 Å². The van der Waals surface area contributed by atoms with Crippen molar-refractivity contribution in [3.05, 3.63) is 76.1 Å². The number of carbonyl (C=O) groups is 2. The number of carbonyl (C=O) groups excluding carboxylic acids is 2. The molecule has 2 heterocycles. The predicted octanol–water partition coefficient (Wildman–Crippen LogP) is 2.43. The van der Waals surface area contributed by atoms with Crippen LogP contribution in [-0.2, 0) is 16.1 Å². The summed E-state index contributed by atoms with van der Waals surface area (Å²) in [6.45, 7) is 3.68. The summed E-state index contributed by atoms with van der Waals surface area (Å²) in [5, 5.41) is 6.47. The summed E-state index contributed by atoms with van der Waals surface area (Å²) in [7, 11) is 0. The Bertz CT molecular complexity index is 1140. The summed E-state index contributed by atoms with van der Waals surface area (Å²) in [4.78, 5) is 38.8. The molecule has 0 aliphatic carbocycles. The summed E-state index contributed by atoms with van der Waals surface area (Å²) >= 11 is 0. The van der Waals surface area contributed by atoms with E-state index in [1.807, 2.05) is 42.2 Å². The van der Waals surface area contributed by atoms with Gasteiger partial charge in [0.25, 0.3) is 0 Å². The molecule has 7 heteroatoms. The van der Waals surface area contributed by atoms with Gasteiger partial charge in [-0.2, -0.15) is 0 Å². The highest BCUT2D eigenvalue weighted by molar-refractivity contribution is 5.97. The van der Waals surface area contributed by atoms with Gasteiger partial charge < -0.3 is 15.1 Å². The van der Waals surface area contributed by atoms with E-state index in [-0.39, 0.29) is 18.2 Å². The van der Waals surface area contributed by atoms with Crippen molar-refractivity contribution in [2.24, 2.45) is 0 Å². The summed E-state index contributed by atoms with van der Waals surface area (Å²) in [5.74, 6) is -0.420. The summed E-state index contributed by atoms with van der Waals surface area (Å²) in [6, 6.07) is 16.0. The van der Waals surface area contributed by atoms with Gasteiger partial charge in [0.2, 0.25) is 11.8 Å². The van der Waals surface area contributed by atoms with Crippen molar-refractivity contribution in [2.75, 3.05) is 18.4 Å². The molecule has 1 aromatic heterocycles. The summed E-state index contributed by atoms with van der Waals surface area (Å²) in [5.41, 5.74) is 2.41. The second kappa shape index (κ2) is 8.51. The van der Waals surface area contributed by atoms with E-state index in [4.69, 9.17) is 4.42 Å². The topological polar surface area (TPSA) is 91.6 Å². The average molecular weight is 405 g/mol. The van der Waals surface area contributed by atoms with E-state index in [1.54, 1.807) is 18.2 Å². The minimum Gasteiger partial charge on any atom is -0.423 e. The van der Waals surface area contributed by atoms with Gasteiger partial charge in [-0.1, -0.05) is 30.3 Å². The third-order valence-electron chi connectivity index (χ3n) is 5.28. The molecule has 154 valence electrons. The van der Waals surface area contributed by atoms with Crippen LogP contribution >= 0.6 is 0 Å². The molecule has 2 amide bonds. The number of nitrogens with zero attached hydrogens (tertiary/aromatic N) is 1. The minimum absolute atomic E-state index is 0.0362. The number of hydrogen-bond donors (Lipinski definition) is 2. The minimum atomic E-state index is -0.542. The molecule has 1 fully saturated rings. The Hall–Kier alpha value is -3.45. The van der Waals surface area contributed by atoms with E-state index in [9.17, 15) is 14.4 Å². The molecule has 1 aliphatic heterocycles. The molecule has 1 aliphatic rings. The van der Waals surface area contributed by atoms with Gasteiger partial charge in [-0.15, -0.1) is 0 Å². The number of amides is 2. The number of fused-ring (bicyclic) bond motifs is 1. The molecule has 1 atom stereocenters. The van der Waals surface area contributed by atoms with Gasteiger partial charge in [-0.25, -0.2) is 4.79 Å². The average Bonchev–Trinajstić information content (AvgIpc) is 2.71. The van der Waals surface area contributed by atoms with Gasteiger partial charge in [0.1, 0.15) is 5.58 Å². The number of anilines is 1. The Labute approximate surface area is 173 Å². The Morgan fingerprint density at radius 1 is 1.17 bits per heavy atom. The molecule has 30 heavy (non-hydrogen) atoms. The summed E-state index contributed by atoms with van der Waals surface area (Å²) in [6.07, 6.45) is 0.0362. The zero-order chi connectivity index (χ0) is 21.1. The normalized spacial score (nSPS) is 17.0. The predicted molar refractivity (Wildman–Crippen MR) is 114 cm³/mol. The van der Waals surface area contributed by atoms with E-state index in [2.05, 4.69) is 10.6 Å². The molecule has 3 aromatic rings. The van der Waals surface area contributed by atoms with Crippen LogP contribution in [0, 0.1) is 6.92 Å². The van der Waals surface area contributed by atoms with Gasteiger partial charge in [-0.05, 0) is 30.2 Å². The highest BCUT2D eigenvalue weighted by Gasteiger charge is 2.31. The monoisotopic (exact) mass is 405 g/mol. The Kier molecular flexibility index (Phi) is 5.63. The van der Waals surface area contributed by atoms with Crippen molar-refractivity contribution in [1.82, 2.24) is 10.2 Å². The first-order valence-electron chi connectivity index (χ1n) is 9.89. The molecule has 1 unspecified atom stereocenters. The molecule has 2 N–H and O–H groups in total. The van der Waals surface area contributed by atoms with Crippen molar-refractivity contribution in [3.8, 4) is 0 Å². The zero-order valence-electron chi connectivity index (χ0n) is 16.7. The third-order valence-corrected chi connectivity index (χ3v) is 5.28. The molecule has 0 bridgehead atoms. The molecule has 2 aromatic carbocycles. The maximum absolute atomic E-state index is 12.7. The van der Waals surface area contributed by atoms with Crippen LogP contribution < -0.4 is 16.3 Å². The number of piperazine rings is 1. The fraction of sp³-hybridized carbons (Fsp3) is 0.261. The SMILES string of the molecule is Cc1cc(=O)oc2cc(NC(=O)CC3C(=O)NCCN3Cc3ccccc3)ccc12. The van der Waals surface area contributed by atoms with E-state index >= 15 is 0 Å². The van der Waals surface area contributed by atoms with Crippen LogP contribution in [0.4, 0.5) is 5.69 Å². The number of rotatable bonds is 5. The Morgan fingerprint density at radius 3 is 2.77 bits per heavy atom. The van der Waals surface area contributed by atoms with E-state index in [0.29, 0.717) is 30.9 Å². The molecule has 4 rings (SSSR count). The van der Waals surface area contributed by atoms with Gasteiger partial charge in [-0.3, -0.25) is 14.5 Å². The fourth-order valence-electron chi connectivity index (χ4n) is 3.78. The highest BCUT2D eigenvalue weighted by atomic mass is 16.4. The smallest absolute Gasteiger partial charge is 0.336 e. The van der Waals surface area contributed by atoms with E-state index in [1.165, 1.54) is 6.07 Å². The standard InChI is InChI=1S/C23H23N3O4/c1-15-11-22(28)30-20-12-17(7-8-18(15)20)25-21(27)13-19-23(29)24-9-10-26(19)14-16-5-3-2-4-6-16/h2-8,11-12,19H,9-10,13-14H2,1H3,(H,24,29)(H,25,27). The van der Waals surface area contributed by atoms with Gasteiger partial charge in [0.05, 0.1) is 12.5 Å². The molecule has 0 saturated carbocycles. The van der Waals surface area contributed by atoms with Crippen LogP contribution in [0.15, 0.2) is 63.8 Å². The zero-order valence-corrected chi connectivity index (χ0v) is 16.7. The molecule has 1 saturated heterocycles. The van der Waals surface area contributed by atoms with Crippen LogP contribution in [0.3, 0.4) is 0 Å². The second-order valence-corrected chi connectivity index (χ2v) is 7.47. The summed E-state index contributed by atoms with van der Waals surface area (Å²) < 4.78 is 5.24. The quantitative estimate of drug-likeness (QED) is 0.636. The van der Waals surface area contributed by atoms with E-state index < -0.39 is 11.7 Å². The molecule has 0 spiro atoms. The van der Waals surface area contributed by atoms with Crippen LogP contribution in [0.1, 0.15) is 17.5 Å². The van der Waals surface area contributed by atoms with Crippen LogP contribution in [0.5, 0.6) is 0 Å². The van der Waals surface area contributed by atoms with Gasteiger partial charge >= 0.3 is 5.63 Å². The maximum atomic E-state index is 12.7. The number of hydrogen-bond acceptors (Lipinski definition) is 5. The Morgan fingerprint density at radius 2 is 1.97 bits per heavy atom.